The van der Waals surface area contributed by atoms with E-state index in [0.717, 1.165) is 5.56 Å². The number of phenolic OH excluding ortho intramolecular Hbond substituents is 2. The quantitative estimate of drug-likeness (QED) is 0.374. The summed E-state index contributed by atoms with van der Waals surface area (Å²) in [6.07, 6.45) is 0. The van der Waals surface area contributed by atoms with E-state index in [2.05, 4.69) is 0 Å². The number of rotatable bonds is 6. The number of carbonyl (C=O) groups is 1. The van der Waals surface area contributed by atoms with E-state index in [1.807, 2.05) is 30.3 Å². The Morgan fingerprint density at radius 1 is 0.759 bits per heavy atom. The van der Waals surface area contributed by atoms with Gasteiger partial charge in [0.1, 0.15) is 17.3 Å². The van der Waals surface area contributed by atoms with Gasteiger partial charge in [-0.05, 0) is 42.3 Å². The highest BCUT2D eigenvalue weighted by molar-refractivity contribution is 6.00. The monoisotopic (exact) mass is 388 g/mol. The van der Waals surface area contributed by atoms with Gasteiger partial charge in [-0.25, -0.2) is 0 Å². The van der Waals surface area contributed by atoms with Crippen LogP contribution in [0, 0.1) is 5.92 Å². The first-order valence-electron chi connectivity index (χ1n) is 9.47. The number of phenols is 2. The minimum Gasteiger partial charge on any atom is -0.507 e. The number of aliphatic hydroxyl groups excluding tert-OH is 1. The fourth-order valence-corrected chi connectivity index (χ4v) is 3.69. The van der Waals surface area contributed by atoms with E-state index < -0.39 is 11.8 Å². The first-order chi connectivity index (χ1) is 13.9. The Labute approximate surface area is 170 Å². The SMILES string of the molecule is C/C(=C(/O)c1ccccc1O)[C@H](c1ccccc1)[C@H](C)C(=O)c1ccccc1O. The van der Waals surface area contributed by atoms with Gasteiger partial charge in [0.2, 0.25) is 0 Å². The van der Waals surface area contributed by atoms with Gasteiger partial charge in [-0.15, -0.1) is 0 Å². The summed E-state index contributed by atoms with van der Waals surface area (Å²) in [5.41, 5.74) is 1.99. The summed E-state index contributed by atoms with van der Waals surface area (Å²) in [5, 5.41) is 31.2. The lowest BCUT2D eigenvalue weighted by Crippen LogP contribution is -2.21. The minimum absolute atomic E-state index is 0.0316. The molecule has 4 heteroatoms. The number of aromatic hydroxyl groups is 2. The van der Waals surface area contributed by atoms with Crippen LogP contribution in [0.2, 0.25) is 0 Å². The molecule has 0 amide bonds. The molecule has 0 aliphatic carbocycles. The van der Waals surface area contributed by atoms with E-state index in [9.17, 15) is 20.1 Å². The Morgan fingerprint density at radius 2 is 1.24 bits per heavy atom. The van der Waals surface area contributed by atoms with E-state index in [1.165, 1.54) is 12.1 Å². The average molecular weight is 388 g/mol. The molecule has 4 nitrogen and oxygen atoms in total. The molecule has 0 aliphatic heterocycles. The van der Waals surface area contributed by atoms with E-state index in [1.54, 1.807) is 50.2 Å². The van der Waals surface area contributed by atoms with Gasteiger partial charge in [0, 0.05) is 11.8 Å². The largest absolute Gasteiger partial charge is 0.507 e. The maximum absolute atomic E-state index is 13.2. The van der Waals surface area contributed by atoms with Gasteiger partial charge < -0.3 is 15.3 Å². The molecular formula is C25H24O4. The Balaban J connectivity index is 2.11. The lowest BCUT2D eigenvalue weighted by molar-refractivity contribution is 0.0915. The molecule has 3 N–H and O–H groups in total. The third kappa shape index (κ3) is 4.16. The molecule has 0 aliphatic rings. The summed E-state index contributed by atoms with van der Waals surface area (Å²) in [6, 6.07) is 22.5. The minimum atomic E-state index is -0.557. The molecule has 0 saturated heterocycles. The van der Waals surface area contributed by atoms with E-state index in [-0.39, 0.29) is 28.6 Å². The molecule has 3 aromatic rings. The fraction of sp³-hybridized carbons (Fsp3) is 0.160. The van der Waals surface area contributed by atoms with E-state index in [0.29, 0.717) is 11.1 Å². The molecule has 148 valence electrons. The second kappa shape index (κ2) is 8.65. The van der Waals surface area contributed by atoms with E-state index in [4.69, 9.17) is 0 Å². The molecule has 0 aromatic heterocycles. The molecular weight excluding hydrogens is 364 g/mol. The van der Waals surface area contributed by atoms with Gasteiger partial charge in [0.15, 0.2) is 5.78 Å². The zero-order valence-corrected chi connectivity index (χ0v) is 16.4. The highest BCUT2D eigenvalue weighted by atomic mass is 16.3. The van der Waals surface area contributed by atoms with Gasteiger partial charge in [-0.1, -0.05) is 61.5 Å². The molecule has 0 unspecified atom stereocenters. The number of para-hydroxylation sites is 2. The zero-order chi connectivity index (χ0) is 21.0. The van der Waals surface area contributed by atoms with Crippen molar-refractivity contribution in [3.8, 4) is 11.5 Å². The summed E-state index contributed by atoms with van der Waals surface area (Å²) < 4.78 is 0. The molecule has 29 heavy (non-hydrogen) atoms. The molecule has 2 atom stereocenters. The predicted octanol–water partition coefficient (Wildman–Crippen LogP) is 5.69. The Kier molecular flexibility index (Phi) is 6.03. The van der Waals surface area contributed by atoms with Crippen LogP contribution in [0.5, 0.6) is 11.5 Å². The third-order valence-corrected chi connectivity index (χ3v) is 5.24. The standard InChI is InChI=1S/C25H24O4/c1-16(24(28)19-12-6-8-14-21(19)26)23(18-10-4-3-5-11-18)17(2)25(29)20-13-7-9-15-22(20)27/h3-16,23,26-27,29H,1-2H3/b25-17-/t16-,23+/m0/s1. The van der Waals surface area contributed by atoms with Gasteiger partial charge in [0.25, 0.3) is 0 Å². The number of Topliss-reactive ketones (excluding diaryl/α,β-unsaturated/α-hetero) is 1. The van der Waals surface area contributed by atoms with Crippen LogP contribution in [0.25, 0.3) is 5.76 Å². The second-order valence-corrected chi connectivity index (χ2v) is 7.11. The summed E-state index contributed by atoms with van der Waals surface area (Å²) in [5.74, 6) is -1.38. The Bertz CT molecular complexity index is 1040. The van der Waals surface area contributed by atoms with Gasteiger partial charge in [-0.3, -0.25) is 4.79 Å². The maximum atomic E-state index is 13.2. The lowest BCUT2D eigenvalue weighted by Gasteiger charge is -2.26. The Hall–Kier alpha value is -3.53. The molecule has 0 fully saturated rings. The number of ketones is 1. The van der Waals surface area contributed by atoms with Gasteiger partial charge in [0.05, 0.1) is 11.1 Å². The van der Waals surface area contributed by atoms with Crippen LogP contribution >= 0.6 is 0 Å². The first kappa shape index (κ1) is 20.2. The summed E-state index contributed by atoms with van der Waals surface area (Å²) in [7, 11) is 0. The second-order valence-electron chi connectivity index (χ2n) is 7.11. The number of carbonyl (C=O) groups excluding carboxylic acids is 1. The van der Waals surface area contributed by atoms with Crippen molar-refractivity contribution < 1.29 is 20.1 Å². The maximum Gasteiger partial charge on any atom is 0.170 e. The number of hydrogen-bond acceptors (Lipinski definition) is 4. The van der Waals surface area contributed by atoms with Crippen molar-refractivity contribution >= 4 is 11.5 Å². The van der Waals surface area contributed by atoms with Crippen LogP contribution in [0.1, 0.15) is 41.3 Å². The normalized spacial score (nSPS) is 14.0. The molecule has 3 rings (SSSR count). The van der Waals surface area contributed by atoms with E-state index >= 15 is 0 Å². The molecule has 3 aromatic carbocycles. The van der Waals surface area contributed by atoms with Crippen LogP contribution < -0.4 is 0 Å². The first-order valence-corrected chi connectivity index (χ1v) is 9.47. The van der Waals surface area contributed by atoms with Crippen LogP contribution in [-0.4, -0.2) is 21.1 Å². The van der Waals surface area contributed by atoms with Crippen LogP contribution in [0.15, 0.2) is 84.4 Å². The van der Waals surface area contributed by atoms with Crippen molar-refractivity contribution in [2.75, 3.05) is 0 Å². The molecule has 0 heterocycles. The highest BCUT2D eigenvalue weighted by Crippen LogP contribution is 2.39. The summed E-state index contributed by atoms with van der Waals surface area (Å²) in [6.45, 7) is 3.54. The number of hydrogen-bond donors (Lipinski definition) is 3. The molecule has 0 bridgehead atoms. The van der Waals surface area contributed by atoms with Crippen molar-refractivity contribution in [1.82, 2.24) is 0 Å². The van der Waals surface area contributed by atoms with Crippen LogP contribution in [-0.2, 0) is 0 Å². The fourth-order valence-electron chi connectivity index (χ4n) is 3.69. The van der Waals surface area contributed by atoms with Gasteiger partial charge in [-0.2, -0.15) is 0 Å². The predicted molar refractivity (Wildman–Crippen MR) is 114 cm³/mol. The highest BCUT2D eigenvalue weighted by Gasteiger charge is 2.31. The molecule has 0 radical (unpaired) electrons. The van der Waals surface area contributed by atoms with Crippen molar-refractivity contribution in [3.05, 3.63) is 101 Å². The van der Waals surface area contributed by atoms with Crippen LogP contribution in [0.4, 0.5) is 0 Å². The number of aliphatic hydroxyl groups is 1. The van der Waals surface area contributed by atoms with Crippen molar-refractivity contribution in [1.29, 1.82) is 0 Å². The molecule has 0 saturated carbocycles. The van der Waals surface area contributed by atoms with Crippen LogP contribution in [0.3, 0.4) is 0 Å². The summed E-state index contributed by atoms with van der Waals surface area (Å²) >= 11 is 0. The topological polar surface area (TPSA) is 77.8 Å². The third-order valence-electron chi connectivity index (χ3n) is 5.24. The average Bonchev–Trinajstić information content (AvgIpc) is 2.74. The summed E-state index contributed by atoms with van der Waals surface area (Å²) in [4.78, 5) is 13.2. The van der Waals surface area contributed by atoms with Crippen molar-refractivity contribution in [3.63, 3.8) is 0 Å². The smallest absolute Gasteiger partial charge is 0.170 e. The Morgan fingerprint density at radius 3 is 1.79 bits per heavy atom. The number of allylic oxidation sites excluding steroid dienone is 1. The van der Waals surface area contributed by atoms with Crippen molar-refractivity contribution in [2.24, 2.45) is 5.92 Å². The van der Waals surface area contributed by atoms with Gasteiger partial charge >= 0.3 is 0 Å². The number of benzene rings is 3. The van der Waals surface area contributed by atoms with Crippen molar-refractivity contribution in [2.45, 2.75) is 19.8 Å². The molecule has 0 spiro atoms. The lowest BCUT2D eigenvalue weighted by atomic mass is 9.77. The zero-order valence-electron chi connectivity index (χ0n) is 16.4.